The van der Waals surface area contributed by atoms with Crippen molar-refractivity contribution in [1.29, 1.82) is 0 Å². The van der Waals surface area contributed by atoms with E-state index in [-0.39, 0.29) is 0 Å². The third-order valence-electron chi connectivity index (χ3n) is 4.38. The van der Waals surface area contributed by atoms with Gasteiger partial charge in [0, 0.05) is 12.1 Å². The minimum atomic E-state index is -0.863. The van der Waals surface area contributed by atoms with E-state index >= 15 is 0 Å². The molecule has 1 amide bonds. The number of H-pyrrole nitrogens is 1. The van der Waals surface area contributed by atoms with Crippen LogP contribution in [0, 0.1) is 0 Å². The van der Waals surface area contributed by atoms with Gasteiger partial charge in [-0.15, -0.1) is 0 Å². The summed E-state index contributed by atoms with van der Waals surface area (Å²) >= 11 is 0. The Morgan fingerprint density at radius 1 is 1.15 bits per heavy atom. The van der Waals surface area contributed by atoms with E-state index < -0.39 is 6.09 Å². The van der Waals surface area contributed by atoms with E-state index in [1.54, 1.807) is 12.1 Å². The Morgan fingerprint density at radius 3 is 2.56 bits per heavy atom. The number of fused-ring (bicyclic) bond motifs is 1. The van der Waals surface area contributed by atoms with Crippen LogP contribution in [0.25, 0.3) is 22.4 Å². The molecule has 27 heavy (non-hydrogen) atoms. The molecule has 142 valence electrons. The topological polar surface area (TPSA) is 93.5 Å². The number of nitrogens with one attached hydrogen (secondary N) is 1. The fourth-order valence-electron chi connectivity index (χ4n) is 2.87. The van der Waals surface area contributed by atoms with Crippen LogP contribution >= 0.6 is 0 Å². The van der Waals surface area contributed by atoms with Crippen LogP contribution < -0.4 is 15.2 Å². The van der Waals surface area contributed by atoms with Crippen molar-refractivity contribution in [1.82, 2.24) is 14.9 Å². The van der Waals surface area contributed by atoms with Gasteiger partial charge >= 0.3 is 6.09 Å². The molecule has 0 aliphatic carbocycles. The normalized spacial score (nSPS) is 11.1. The minimum absolute atomic E-state index is 0.332. The van der Waals surface area contributed by atoms with Crippen molar-refractivity contribution in [2.24, 2.45) is 5.73 Å². The highest BCUT2D eigenvalue weighted by Gasteiger charge is 2.11. The van der Waals surface area contributed by atoms with Gasteiger partial charge < -0.3 is 25.1 Å². The van der Waals surface area contributed by atoms with E-state index in [1.165, 1.54) is 0 Å². The molecular formula is C20H24N4O3. The molecule has 7 nitrogen and oxygen atoms in total. The molecule has 0 unspecified atom stereocenters. The van der Waals surface area contributed by atoms with Gasteiger partial charge in [-0.25, -0.2) is 9.78 Å². The summed E-state index contributed by atoms with van der Waals surface area (Å²) in [7, 11) is 0. The number of nitrogens with two attached hydrogens (primary N) is 1. The first kappa shape index (κ1) is 18.7. The van der Waals surface area contributed by atoms with Crippen LogP contribution in [-0.4, -0.2) is 47.2 Å². The molecule has 1 aromatic heterocycles. The molecule has 3 rings (SSSR count). The molecule has 3 N–H and O–H groups in total. The number of amides is 1. The van der Waals surface area contributed by atoms with Crippen LogP contribution in [0.2, 0.25) is 0 Å². The van der Waals surface area contributed by atoms with E-state index in [1.807, 2.05) is 30.3 Å². The number of likely N-dealkylation sites (N-methyl/N-ethyl adjacent to an activating group) is 1. The van der Waals surface area contributed by atoms with Crippen LogP contribution in [0.5, 0.6) is 11.5 Å². The van der Waals surface area contributed by atoms with Crippen molar-refractivity contribution in [3.63, 3.8) is 0 Å². The van der Waals surface area contributed by atoms with E-state index in [2.05, 4.69) is 28.7 Å². The van der Waals surface area contributed by atoms with Gasteiger partial charge in [-0.3, -0.25) is 0 Å². The number of ether oxygens (including phenoxy) is 2. The zero-order valence-electron chi connectivity index (χ0n) is 15.6. The third kappa shape index (κ3) is 4.57. The molecule has 0 fully saturated rings. The second-order valence-electron chi connectivity index (χ2n) is 6.06. The molecule has 0 spiro atoms. The first-order chi connectivity index (χ1) is 13.1. The number of aromatic nitrogens is 2. The first-order valence-corrected chi connectivity index (χ1v) is 9.02. The van der Waals surface area contributed by atoms with Gasteiger partial charge in [-0.05, 0) is 49.5 Å². The molecule has 7 heteroatoms. The number of para-hydroxylation sites is 1. The third-order valence-corrected chi connectivity index (χ3v) is 4.38. The van der Waals surface area contributed by atoms with Crippen LogP contribution in [0.15, 0.2) is 42.5 Å². The summed E-state index contributed by atoms with van der Waals surface area (Å²) in [6.07, 6.45) is -0.863. The quantitative estimate of drug-likeness (QED) is 0.635. The predicted octanol–water partition coefficient (Wildman–Crippen LogP) is 3.41. The van der Waals surface area contributed by atoms with Gasteiger partial charge in [0.1, 0.15) is 23.7 Å². The molecule has 0 saturated heterocycles. The molecule has 1 heterocycles. The second kappa shape index (κ2) is 8.55. The largest absolute Gasteiger partial charge is 0.492 e. The SMILES string of the molecule is CCN(CC)CCOc1ccc(-c2nc3c(OC(N)=O)cccc3[nH]2)cc1. The van der Waals surface area contributed by atoms with Crippen LogP contribution in [-0.2, 0) is 0 Å². The Hall–Kier alpha value is -3.06. The molecule has 0 radical (unpaired) electrons. The highest BCUT2D eigenvalue weighted by atomic mass is 16.5. The Morgan fingerprint density at radius 2 is 1.89 bits per heavy atom. The fraction of sp³-hybridized carbons (Fsp3) is 0.300. The highest BCUT2D eigenvalue weighted by molar-refractivity contribution is 5.87. The van der Waals surface area contributed by atoms with Crippen LogP contribution in [0.3, 0.4) is 0 Å². The predicted molar refractivity (Wildman–Crippen MR) is 105 cm³/mol. The van der Waals surface area contributed by atoms with Crippen molar-refractivity contribution >= 4 is 17.1 Å². The lowest BCUT2D eigenvalue weighted by Crippen LogP contribution is -2.27. The number of carbonyl (C=O) groups excluding carboxylic acids is 1. The monoisotopic (exact) mass is 368 g/mol. The Labute approximate surface area is 158 Å². The number of hydrogen-bond donors (Lipinski definition) is 2. The van der Waals surface area contributed by atoms with Gasteiger partial charge in [-0.1, -0.05) is 19.9 Å². The molecule has 0 bridgehead atoms. The lowest BCUT2D eigenvalue weighted by Gasteiger charge is -2.18. The molecule has 0 atom stereocenters. The van der Waals surface area contributed by atoms with Gasteiger partial charge in [-0.2, -0.15) is 0 Å². The standard InChI is InChI=1S/C20H24N4O3/c1-3-24(4-2)12-13-26-15-10-8-14(9-11-15)19-22-16-6-5-7-17(18(16)23-19)27-20(21)25/h5-11H,3-4,12-13H2,1-2H3,(H2,21,25)(H,22,23). The number of hydrogen-bond acceptors (Lipinski definition) is 5. The number of primary amides is 1. The molecule has 0 aliphatic heterocycles. The van der Waals surface area contributed by atoms with Crippen molar-refractivity contribution in [3.8, 4) is 22.9 Å². The number of rotatable bonds is 8. The van der Waals surface area contributed by atoms with Gasteiger partial charge in [0.15, 0.2) is 5.75 Å². The Bertz CT molecular complexity index is 901. The van der Waals surface area contributed by atoms with Gasteiger partial charge in [0.25, 0.3) is 0 Å². The lowest BCUT2D eigenvalue weighted by atomic mass is 10.2. The summed E-state index contributed by atoms with van der Waals surface area (Å²) in [5, 5.41) is 0. The lowest BCUT2D eigenvalue weighted by molar-refractivity contribution is 0.211. The summed E-state index contributed by atoms with van der Waals surface area (Å²) < 4.78 is 10.8. The zero-order valence-corrected chi connectivity index (χ0v) is 15.6. The van der Waals surface area contributed by atoms with Crippen molar-refractivity contribution in [2.75, 3.05) is 26.2 Å². The van der Waals surface area contributed by atoms with E-state index in [4.69, 9.17) is 15.2 Å². The summed E-state index contributed by atoms with van der Waals surface area (Å²) in [6.45, 7) is 7.89. The van der Waals surface area contributed by atoms with Crippen molar-refractivity contribution < 1.29 is 14.3 Å². The zero-order chi connectivity index (χ0) is 19.2. The average Bonchev–Trinajstić information content (AvgIpc) is 3.11. The van der Waals surface area contributed by atoms with E-state index in [9.17, 15) is 4.79 Å². The van der Waals surface area contributed by atoms with E-state index in [0.717, 1.165) is 36.5 Å². The highest BCUT2D eigenvalue weighted by Crippen LogP contribution is 2.28. The maximum Gasteiger partial charge on any atom is 0.410 e. The smallest absolute Gasteiger partial charge is 0.410 e. The average molecular weight is 368 g/mol. The number of carbonyl (C=O) groups is 1. The summed E-state index contributed by atoms with van der Waals surface area (Å²) in [5.41, 5.74) is 7.35. The van der Waals surface area contributed by atoms with Crippen LogP contribution in [0.4, 0.5) is 4.79 Å². The molecule has 3 aromatic rings. The summed E-state index contributed by atoms with van der Waals surface area (Å²) in [4.78, 5) is 21.1. The van der Waals surface area contributed by atoms with Gasteiger partial charge in [0.05, 0.1) is 5.52 Å². The van der Waals surface area contributed by atoms with Crippen LogP contribution in [0.1, 0.15) is 13.8 Å². The summed E-state index contributed by atoms with van der Waals surface area (Å²) in [6, 6.07) is 13.0. The van der Waals surface area contributed by atoms with E-state index in [0.29, 0.717) is 23.7 Å². The first-order valence-electron chi connectivity index (χ1n) is 9.02. The minimum Gasteiger partial charge on any atom is -0.492 e. The number of benzene rings is 2. The Kier molecular flexibility index (Phi) is 5.93. The van der Waals surface area contributed by atoms with Crippen molar-refractivity contribution in [2.45, 2.75) is 13.8 Å². The fourth-order valence-corrected chi connectivity index (χ4v) is 2.87. The molecule has 0 saturated carbocycles. The van der Waals surface area contributed by atoms with Gasteiger partial charge in [0.2, 0.25) is 0 Å². The summed E-state index contributed by atoms with van der Waals surface area (Å²) in [5.74, 6) is 1.83. The molecule has 0 aliphatic rings. The number of nitrogens with zero attached hydrogens (tertiary/aromatic N) is 2. The molecular weight excluding hydrogens is 344 g/mol. The van der Waals surface area contributed by atoms with Crippen molar-refractivity contribution in [3.05, 3.63) is 42.5 Å². The number of aromatic amines is 1. The molecule has 2 aromatic carbocycles. The number of imidazole rings is 1. The maximum absolute atomic E-state index is 11.0. The maximum atomic E-state index is 11.0. The Balaban J connectivity index is 1.72. The second-order valence-corrected chi connectivity index (χ2v) is 6.06.